The summed E-state index contributed by atoms with van der Waals surface area (Å²) in [4.78, 5) is 4.30. The zero-order chi connectivity index (χ0) is 13.1. The van der Waals surface area contributed by atoms with Crippen molar-refractivity contribution in [3.63, 3.8) is 0 Å². The van der Waals surface area contributed by atoms with Crippen molar-refractivity contribution in [2.75, 3.05) is 5.73 Å². The topological polar surface area (TPSA) is 38.9 Å². The Labute approximate surface area is 125 Å². The van der Waals surface area contributed by atoms with Crippen molar-refractivity contribution in [1.82, 2.24) is 4.98 Å². The van der Waals surface area contributed by atoms with Crippen molar-refractivity contribution >= 4 is 29.7 Å². The molecular weight excluding hydrogens is 279 g/mol. The van der Waals surface area contributed by atoms with Gasteiger partial charge in [0, 0.05) is 17.4 Å². The average Bonchev–Trinajstić information content (AvgIpc) is 2.38. The van der Waals surface area contributed by atoms with Gasteiger partial charge in [-0.25, -0.2) is 0 Å². The van der Waals surface area contributed by atoms with E-state index < -0.39 is 0 Å². The number of anilines is 1. The molecule has 19 heavy (non-hydrogen) atoms. The summed E-state index contributed by atoms with van der Waals surface area (Å²) in [6, 6.07) is 9.88. The number of nitrogens with two attached hydrogens (primary N) is 1. The fraction of sp³-hybridized carbons (Fsp3) is 0.267. The Hall–Kier alpha value is -1.25. The molecule has 0 saturated carbocycles. The summed E-state index contributed by atoms with van der Waals surface area (Å²) < 4.78 is 0. The van der Waals surface area contributed by atoms with Crippen LogP contribution < -0.4 is 5.73 Å². The van der Waals surface area contributed by atoms with Crippen LogP contribution in [0.25, 0.3) is 11.3 Å². The molecule has 2 nitrogen and oxygen atoms in total. The molecule has 0 saturated heterocycles. The Kier molecular flexibility index (Phi) is 5.64. The quantitative estimate of drug-likeness (QED) is 0.817. The van der Waals surface area contributed by atoms with Crippen LogP contribution in [0, 0.1) is 0 Å². The number of benzene rings is 1. The molecule has 2 aromatic rings. The molecule has 0 fully saturated rings. The number of hydrogen-bond acceptors (Lipinski definition) is 2. The molecule has 1 aromatic heterocycles. The van der Waals surface area contributed by atoms with Crippen LogP contribution in [0.3, 0.4) is 0 Å². The molecule has 0 radical (unpaired) electrons. The Bertz CT molecular complexity index is 538. The molecule has 0 aliphatic heterocycles. The van der Waals surface area contributed by atoms with Gasteiger partial charge < -0.3 is 5.73 Å². The third-order valence-electron chi connectivity index (χ3n) is 3.25. The summed E-state index contributed by atoms with van der Waals surface area (Å²) in [5.41, 5.74) is 10.1. The maximum absolute atomic E-state index is 6.11. The van der Waals surface area contributed by atoms with Gasteiger partial charge in [0.05, 0.1) is 10.7 Å². The molecule has 0 bridgehead atoms. The van der Waals surface area contributed by atoms with Gasteiger partial charge in [0.15, 0.2) is 0 Å². The molecule has 1 atom stereocenters. The predicted octanol–water partition coefficient (Wildman–Crippen LogP) is 4.92. The lowest BCUT2D eigenvalue weighted by Crippen LogP contribution is -1.99. The first-order chi connectivity index (χ1) is 8.61. The fourth-order valence-electron chi connectivity index (χ4n) is 1.95. The van der Waals surface area contributed by atoms with E-state index in [0.29, 0.717) is 10.9 Å². The maximum Gasteiger partial charge on any atom is 0.0703 e. The van der Waals surface area contributed by atoms with Gasteiger partial charge in [0.25, 0.3) is 0 Å². The number of pyridine rings is 1. The highest BCUT2D eigenvalue weighted by molar-refractivity contribution is 6.30. The molecule has 102 valence electrons. The first kappa shape index (κ1) is 15.8. The maximum atomic E-state index is 6.11. The Morgan fingerprint density at radius 2 is 2.00 bits per heavy atom. The summed E-state index contributed by atoms with van der Waals surface area (Å²) in [5.74, 6) is 0.484. The zero-order valence-corrected chi connectivity index (χ0v) is 12.6. The van der Waals surface area contributed by atoms with Gasteiger partial charge in [-0.15, -0.1) is 12.4 Å². The summed E-state index contributed by atoms with van der Waals surface area (Å²) in [5, 5.41) is 0.642. The molecule has 0 aliphatic carbocycles. The number of aromatic nitrogens is 1. The summed E-state index contributed by atoms with van der Waals surface area (Å²) in [7, 11) is 0. The molecule has 0 spiro atoms. The highest BCUT2D eigenvalue weighted by Crippen LogP contribution is 2.29. The van der Waals surface area contributed by atoms with Crippen LogP contribution in [-0.4, -0.2) is 4.98 Å². The second kappa shape index (κ2) is 6.78. The van der Waals surface area contributed by atoms with Gasteiger partial charge in [0.1, 0.15) is 0 Å². The number of nitrogens with zero attached hydrogens (tertiary/aromatic N) is 1. The summed E-state index contributed by atoms with van der Waals surface area (Å²) >= 11 is 5.83. The van der Waals surface area contributed by atoms with Crippen molar-refractivity contribution in [3.8, 4) is 11.3 Å². The van der Waals surface area contributed by atoms with Crippen LogP contribution in [0.15, 0.2) is 36.5 Å². The number of halogens is 2. The third-order valence-corrected chi connectivity index (χ3v) is 3.48. The molecule has 1 heterocycles. The zero-order valence-electron chi connectivity index (χ0n) is 11.1. The van der Waals surface area contributed by atoms with Crippen LogP contribution >= 0.6 is 24.0 Å². The predicted molar refractivity (Wildman–Crippen MR) is 85.0 cm³/mol. The highest BCUT2D eigenvalue weighted by atomic mass is 35.5. The van der Waals surface area contributed by atoms with Crippen LogP contribution in [0.4, 0.5) is 5.69 Å². The normalized spacial score (nSPS) is 11.7. The second-order valence-corrected chi connectivity index (χ2v) is 4.95. The molecule has 2 rings (SSSR count). The van der Waals surface area contributed by atoms with Gasteiger partial charge in [-0.05, 0) is 36.1 Å². The molecule has 0 amide bonds. The average molecular weight is 297 g/mol. The van der Waals surface area contributed by atoms with Crippen molar-refractivity contribution < 1.29 is 0 Å². The van der Waals surface area contributed by atoms with E-state index in [0.717, 1.165) is 23.4 Å². The molecule has 0 aliphatic rings. The Balaban J connectivity index is 0.00000180. The standard InChI is InChI=1S/C15H17ClN2.ClH/c1-3-10(2)13-6-4-11(8-14(13)17)15-7-5-12(16)9-18-15;/h4-10H,3,17H2,1-2H3;1H. The van der Waals surface area contributed by atoms with Crippen molar-refractivity contribution in [2.45, 2.75) is 26.2 Å². The lowest BCUT2D eigenvalue weighted by atomic mass is 9.95. The Morgan fingerprint density at radius 3 is 2.53 bits per heavy atom. The summed E-state index contributed by atoms with van der Waals surface area (Å²) in [6.45, 7) is 4.35. The van der Waals surface area contributed by atoms with Crippen LogP contribution in [0.5, 0.6) is 0 Å². The second-order valence-electron chi connectivity index (χ2n) is 4.51. The molecule has 1 unspecified atom stereocenters. The number of rotatable bonds is 3. The van der Waals surface area contributed by atoms with E-state index in [-0.39, 0.29) is 12.4 Å². The van der Waals surface area contributed by atoms with Crippen LogP contribution in [-0.2, 0) is 0 Å². The van der Waals surface area contributed by atoms with E-state index in [9.17, 15) is 0 Å². The van der Waals surface area contributed by atoms with Gasteiger partial charge in [0.2, 0.25) is 0 Å². The van der Waals surface area contributed by atoms with Crippen LogP contribution in [0.2, 0.25) is 5.02 Å². The van der Waals surface area contributed by atoms with E-state index in [1.807, 2.05) is 18.2 Å². The van der Waals surface area contributed by atoms with E-state index >= 15 is 0 Å². The first-order valence-electron chi connectivity index (χ1n) is 6.13. The summed E-state index contributed by atoms with van der Waals surface area (Å²) in [6.07, 6.45) is 2.73. The largest absolute Gasteiger partial charge is 0.398 e. The van der Waals surface area contributed by atoms with Gasteiger partial charge in [-0.3, -0.25) is 4.98 Å². The van der Waals surface area contributed by atoms with Crippen molar-refractivity contribution in [2.24, 2.45) is 0 Å². The fourth-order valence-corrected chi connectivity index (χ4v) is 2.06. The molecule has 1 aromatic carbocycles. The Morgan fingerprint density at radius 1 is 1.26 bits per heavy atom. The number of hydrogen-bond donors (Lipinski definition) is 1. The van der Waals surface area contributed by atoms with Crippen molar-refractivity contribution in [1.29, 1.82) is 0 Å². The number of nitrogen functional groups attached to an aromatic ring is 1. The highest BCUT2D eigenvalue weighted by Gasteiger charge is 2.08. The lowest BCUT2D eigenvalue weighted by Gasteiger charge is -2.13. The lowest BCUT2D eigenvalue weighted by molar-refractivity contribution is 0.736. The van der Waals surface area contributed by atoms with Gasteiger partial charge >= 0.3 is 0 Å². The molecule has 2 N–H and O–H groups in total. The van der Waals surface area contributed by atoms with Gasteiger partial charge in [-0.1, -0.05) is 37.6 Å². The van der Waals surface area contributed by atoms with Crippen LogP contribution in [0.1, 0.15) is 31.7 Å². The smallest absolute Gasteiger partial charge is 0.0703 e. The minimum Gasteiger partial charge on any atom is -0.398 e. The van der Waals surface area contributed by atoms with Gasteiger partial charge in [-0.2, -0.15) is 0 Å². The minimum atomic E-state index is 0. The van der Waals surface area contributed by atoms with E-state index in [1.165, 1.54) is 5.56 Å². The van der Waals surface area contributed by atoms with E-state index in [1.54, 1.807) is 6.20 Å². The molecular formula is C15H18Cl2N2. The van der Waals surface area contributed by atoms with Crippen molar-refractivity contribution in [3.05, 3.63) is 47.1 Å². The third kappa shape index (κ3) is 3.62. The molecule has 4 heteroatoms. The SMILES string of the molecule is CCC(C)c1ccc(-c2ccc(Cl)cn2)cc1N.Cl. The minimum absolute atomic E-state index is 0. The monoisotopic (exact) mass is 296 g/mol. The van der Waals surface area contributed by atoms with E-state index in [4.69, 9.17) is 17.3 Å². The first-order valence-corrected chi connectivity index (χ1v) is 6.51. The van der Waals surface area contributed by atoms with E-state index in [2.05, 4.69) is 31.0 Å².